The minimum absolute atomic E-state index is 0.0181. The van der Waals surface area contributed by atoms with Crippen LogP contribution in [0.3, 0.4) is 0 Å². The molecule has 1 saturated heterocycles. The Balaban J connectivity index is 1.36. The maximum Gasteiger partial charge on any atom is 0.257 e. The first-order valence-corrected chi connectivity index (χ1v) is 14.2. The number of fused-ring (bicyclic) bond motifs is 3. The largest absolute Gasteiger partial charge is 0.492 e. The van der Waals surface area contributed by atoms with Gasteiger partial charge in [0.1, 0.15) is 24.0 Å². The summed E-state index contributed by atoms with van der Waals surface area (Å²) in [5.74, 6) is 0.678. The summed E-state index contributed by atoms with van der Waals surface area (Å²) < 4.78 is 45.8. The summed E-state index contributed by atoms with van der Waals surface area (Å²) in [7, 11) is 0.190. The van der Waals surface area contributed by atoms with Gasteiger partial charge in [-0.15, -0.1) is 0 Å². The Hall–Kier alpha value is -3.19. The number of rotatable bonds is 6. The molecular formula is C24H31FN6O5S. The number of H-pyrrole nitrogens is 1. The summed E-state index contributed by atoms with van der Waals surface area (Å²) in [6, 6.07) is 2.87. The number of benzene rings is 1. The van der Waals surface area contributed by atoms with Crippen molar-refractivity contribution in [3.8, 4) is 5.75 Å². The van der Waals surface area contributed by atoms with Crippen molar-refractivity contribution in [2.24, 2.45) is 0 Å². The molecule has 0 unspecified atom stereocenters. The Morgan fingerprint density at radius 1 is 1.19 bits per heavy atom. The fourth-order valence-electron chi connectivity index (χ4n) is 5.65. The van der Waals surface area contributed by atoms with Gasteiger partial charge in [-0.2, -0.15) is 4.98 Å². The van der Waals surface area contributed by atoms with E-state index in [-0.39, 0.29) is 30.4 Å². The number of anilines is 3. The molecule has 37 heavy (non-hydrogen) atoms. The van der Waals surface area contributed by atoms with Crippen LogP contribution in [0.2, 0.25) is 0 Å². The minimum atomic E-state index is -3.35. The molecule has 0 aliphatic carbocycles. The van der Waals surface area contributed by atoms with Gasteiger partial charge >= 0.3 is 0 Å². The molecule has 11 nitrogen and oxygen atoms in total. The van der Waals surface area contributed by atoms with Crippen molar-refractivity contribution in [3.05, 3.63) is 39.4 Å². The number of amides is 1. The summed E-state index contributed by atoms with van der Waals surface area (Å²) in [5, 5.41) is 0. The quantitative estimate of drug-likeness (QED) is 0.520. The summed E-state index contributed by atoms with van der Waals surface area (Å²) >= 11 is 0. The topological polar surface area (TPSA) is 128 Å². The molecule has 1 fully saturated rings. The summed E-state index contributed by atoms with van der Waals surface area (Å²) in [5.41, 5.74) is 0.352. The fraction of sp³-hybridized carbons (Fsp3) is 0.542. The minimum Gasteiger partial charge on any atom is -0.492 e. The number of carbonyl (C=O) groups is 1. The van der Waals surface area contributed by atoms with Gasteiger partial charge in [-0.05, 0) is 25.7 Å². The Bertz CT molecular complexity index is 1400. The first kappa shape index (κ1) is 25.5. The van der Waals surface area contributed by atoms with Crippen LogP contribution in [-0.2, 0) is 26.7 Å². The molecule has 2 N–H and O–H groups in total. The normalized spacial score (nSPS) is 18.8. The second-order valence-corrected chi connectivity index (χ2v) is 11.8. The third-order valence-electron chi connectivity index (χ3n) is 7.51. The maximum absolute atomic E-state index is 15.5. The van der Waals surface area contributed by atoms with Crippen LogP contribution >= 0.6 is 0 Å². The number of ether oxygens (including phenoxy) is 1. The third-order valence-corrected chi connectivity index (χ3v) is 8.24. The van der Waals surface area contributed by atoms with Crippen molar-refractivity contribution in [3.63, 3.8) is 0 Å². The first-order chi connectivity index (χ1) is 17.5. The first-order valence-electron chi connectivity index (χ1n) is 12.3. The summed E-state index contributed by atoms with van der Waals surface area (Å²) in [6.45, 7) is 1.76. The summed E-state index contributed by atoms with van der Waals surface area (Å²) in [6.07, 6.45) is 3.39. The highest BCUT2D eigenvalue weighted by molar-refractivity contribution is 7.88. The lowest BCUT2D eigenvalue weighted by atomic mass is 9.73. The lowest BCUT2D eigenvalue weighted by Gasteiger charge is -2.39. The molecule has 1 amide bonds. The third kappa shape index (κ3) is 4.54. The van der Waals surface area contributed by atoms with E-state index in [0.717, 1.165) is 19.2 Å². The van der Waals surface area contributed by atoms with Gasteiger partial charge in [-0.25, -0.2) is 17.5 Å². The smallest absolute Gasteiger partial charge is 0.257 e. The number of nitrogens with one attached hydrogen (secondary N) is 2. The molecule has 0 radical (unpaired) electrons. The molecule has 3 aliphatic heterocycles. The number of sulfonamides is 1. The number of halogens is 1. The standard InChI is InChI=1S/C24H31FN6O5S/c1-29-9-4-5-16-20(29)27-23(28-21(16)32)31-10-6-24(7-11-31)19-17(25)13-15(14-18(19)30(2)22(24)33)36-12-8-26-37(3,34)35/h13-14,26H,4-12H2,1-3H3,(H,27,28,32). The Morgan fingerprint density at radius 3 is 2.62 bits per heavy atom. The predicted molar refractivity (Wildman–Crippen MR) is 138 cm³/mol. The van der Waals surface area contributed by atoms with E-state index >= 15 is 4.39 Å². The maximum atomic E-state index is 15.5. The van der Waals surface area contributed by atoms with Crippen LogP contribution in [0.15, 0.2) is 16.9 Å². The van der Waals surface area contributed by atoms with Crippen LogP contribution in [-0.4, -0.2) is 77.4 Å². The average molecular weight is 535 g/mol. The summed E-state index contributed by atoms with van der Waals surface area (Å²) in [4.78, 5) is 39.2. The zero-order chi connectivity index (χ0) is 26.5. The Kier molecular flexibility index (Phi) is 6.39. The van der Waals surface area contributed by atoms with Crippen molar-refractivity contribution < 1.29 is 22.3 Å². The van der Waals surface area contributed by atoms with E-state index in [9.17, 15) is 18.0 Å². The molecule has 1 aromatic heterocycles. The molecule has 2 aromatic rings. The molecule has 1 aromatic carbocycles. The van der Waals surface area contributed by atoms with Gasteiger partial charge in [0.15, 0.2) is 0 Å². The molecule has 13 heteroatoms. The van der Waals surface area contributed by atoms with E-state index in [2.05, 4.69) is 9.71 Å². The average Bonchev–Trinajstić information content (AvgIpc) is 3.04. The Morgan fingerprint density at radius 2 is 1.92 bits per heavy atom. The van der Waals surface area contributed by atoms with Gasteiger partial charge in [0, 0.05) is 58.0 Å². The molecule has 200 valence electrons. The van der Waals surface area contributed by atoms with Gasteiger partial charge in [-0.1, -0.05) is 0 Å². The molecule has 0 atom stereocenters. The monoisotopic (exact) mass is 534 g/mol. The second kappa shape index (κ2) is 9.28. The number of nitrogens with zero attached hydrogens (tertiary/aromatic N) is 4. The number of carbonyl (C=O) groups excluding carboxylic acids is 1. The number of piperidine rings is 1. The van der Waals surface area contributed by atoms with Crippen molar-refractivity contribution in [1.82, 2.24) is 14.7 Å². The molecular weight excluding hydrogens is 503 g/mol. The van der Waals surface area contributed by atoms with Gasteiger partial charge in [-0.3, -0.25) is 14.6 Å². The highest BCUT2D eigenvalue weighted by Gasteiger charge is 2.53. The van der Waals surface area contributed by atoms with Crippen LogP contribution in [0.1, 0.15) is 30.4 Å². The predicted octanol–water partition coefficient (Wildman–Crippen LogP) is 0.734. The highest BCUT2D eigenvalue weighted by Crippen LogP contribution is 2.50. The molecule has 0 bridgehead atoms. The van der Waals surface area contributed by atoms with Crippen molar-refractivity contribution in [1.29, 1.82) is 0 Å². The zero-order valence-corrected chi connectivity index (χ0v) is 22.0. The van der Waals surface area contributed by atoms with Gasteiger partial charge in [0.2, 0.25) is 21.9 Å². The molecule has 1 spiro atoms. The highest BCUT2D eigenvalue weighted by atomic mass is 32.2. The van der Waals surface area contributed by atoms with Crippen LogP contribution in [0.5, 0.6) is 5.75 Å². The van der Waals surface area contributed by atoms with E-state index in [1.807, 2.05) is 16.8 Å². The number of hydrogen-bond acceptors (Lipinski definition) is 8. The number of aromatic nitrogens is 2. The zero-order valence-electron chi connectivity index (χ0n) is 21.1. The van der Waals surface area contributed by atoms with E-state index in [1.54, 1.807) is 13.1 Å². The van der Waals surface area contributed by atoms with Crippen LogP contribution in [0.4, 0.5) is 21.8 Å². The molecule has 3 aliphatic rings. The van der Waals surface area contributed by atoms with Crippen LogP contribution in [0.25, 0.3) is 0 Å². The number of aromatic amines is 1. The SMILES string of the molecule is CN1CCCc2c1nc(N1CCC3(CC1)C(=O)N(C)c1cc(OCCNS(C)(=O)=O)cc(F)c13)[nH]c2=O. The van der Waals surface area contributed by atoms with Crippen LogP contribution < -0.4 is 29.7 Å². The van der Waals surface area contributed by atoms with E-state index in [4.69, 9.17) is 9.72 Å². The van der Waals surface area contributed by atoms with Gasteiger partial charge in [0.25, 0.3) is 5.56 Å². The number of likely N-dealkylation sites (N-methyl/N-ethyl adjacent to an activating group) is 1. The lowest BCUT2D eigenvalue weighted by molar-refractivity contribution is -0.123. The van der Waals surface area contributed by atoms with Gasteiger partial charge in [0.05, 0.1) is 22.9 Å². The molecule has 4 heterocycles. The Labute approximate surface area is 214 Å². The van der Waals surface area contributed by atoms with Crippen molar-refractivity contribution >= 4 is 33.4 Å². The van der Waals surface area contributed by atoms with Crippen LogP contribution in [0, 0.1) is 5.82 Å². The van der Waals surface area contributed by atoms with Crippen molar-refractivity contribution in [2.75, 3.05) is 67.8 Å². The molecule has 0 saturated carbocycles. The molecule has 5 rings (SSSR count). The fourth-order valence-corrected chi connectivity index (χ4v) is 6.11. The number of hydrogen-bond donors (Lipinski definition) is 2. The second-order valence-electron chi connectivity index (χ2n) is 9.96. The lowest BCUT2D eigenvalue weighted by Crippen LogP contribution is -2.49. The van der Waals surface area contributed by atoms with E-state index < -0.39 is 21.3 Å². The van der Waals surface area contributed by atoms with Crippen molar-refractivity contribution in [2.45, 2.75) is 31.1 Å². The van der Waals surface area contributed by atoms with E-state index in [1.165, 1.54) is 11.0 Å². The van der Waals surface area contributed by atoms with E-state index in [0.29, 0.717) is 60.9 Å². The van der Waals surface area contributed by atoms with Gasteiger partial charge < -0.3 is 19.4 Å².